The highest BCUT2D eigenvalue weighted by molar-refractivity contribution is 5.85. The first kappa shape index (κ1) is 26.4. The summed E-state index contributed by atoms with van der Waals surface area (Å²) in [5, 5.41) is 0. The second-order valence-corrected chi connectivity index (χ2v) is 9.55. The Morgan fingerprint density at radius 2 is 1.55 bits per heavy atom. The molecule has 0 aromatic heterocycles. The molecule has 1 aromatic rings. The van der Waals surface area contributed by atoms with Crippen molar-refractivity contribution in [3.05, 3.63) is 29.3 Å². The van der Waals surface area contributed by atoms with Crippen molar-refractivity contribution < 1.29 is 4.79 Å². The zero-order chi connectivity index (χ0) is 20.1. The molecule has 0 N–H and O–H groups in total. The fourth-order valence-corrected chi connectivity index (χ4v) is 5.44. The highest BCUT2D eigenvalue weighted by Crippen LogP contribution is 2.27. The first-order valence-corrected chi connectivity index (χ1v) is 12.0. The van der Waals surface area contributed by atoms with Crippen LogP contribution in [0.15, 0.2) is 18.2 Å². The third kappa shape index (κ3) is 7.63. The highest BCUT2D eigenvalue weighted by atomic mass is 35.5. The van der Waals surface area contributed by atoms with E-state index in [0.717, 1.165) is 32.1 Å². The molecule has 1 aliphatic carbocycles. The standard InChI is InChI=1S/C25H39N3O.2ClH/c1-21(29)20-27-13-10-22(11-14-27)9-12-26-15-17-28(18-16-26)25-8-7-23-5-3-2-4-6-24(23)19-25;;/h7-8,19,22H,2-6,9-18,20H2,1H3;2*1H. The van der Waals surface area contributed by atoms with Gasteiger partial charge in [-0.2, -0.15) is 0 Å². The number of anilines is 1. The monoisotopic (exact) mass is 469 g/mol. The summed E-state index contributed by atoms with van der Waals surface area (Å²) < 4.78 is 0. The average molecular weight is 471 g/mol. The van der Waals surface area contributed by atoms with Gasteiger partial charge in [-0.15, -0.1) is 24.8 Å². The molecule has 0 amide bonds. The number of ketones is 1. The van der Waals surface area contributed by atoms with Crippen molar-refractivity contribution in [2.24, 2.45) is 5.92 Å². The molecule has 2 heterocycles. The zero-order valence-corrected chi connectivity index (χ0v) is 20.8. The maximum Gasteiger partial charge on any atom is 0.143 e. The minimum absolute atomic E-state index is 0. The van der Waals surface area contributed by atoms with Crippen LogP contribution in [0, 0.1) is 5.92 Å². The van der Waals surface area contributed by atoms with E-state index in [1.54, 1.807) is 18.1 Å². The van der Waals surface area contributed by atoms with Crippen LogP contribution in [0.4, 0.5) is 5.69 Å². The van der Waals surface area contributed by atoms with Crippen LogP contribution in [0.5, 0.6) is 0 Å². The lowest BCUT2D eigenvalue weighted by Gasteiger charge is -2.38. The van der Waals surface area contributed by atoms with E-state index in [-0.39, 0.29) is 24.8 Å². The van der Waals surface area contributed by atoms with Crippen molar-refractivity contribution in [3.63, 3.8) is 0 Å². The highest BCUT2D eigenvalue weighted by Gasteiger charge is 2.22. The molecule has 0 unspecified atom stereocenters. The molecule has 4 nitrogen and oxygen atoms in total. The molecule has 0 bridgehead atoms. The number of carbonyl (C=O) groups excluding carboxylic acids is 1. The summed E-state index contributed by atoms with van der Waals surface area (Å²) in [6.45, 7) is 10.5. The molecule has 0 atom stereocenters. The topological polar surface area (TPSA) is 26.8 Å². The number of Topliss-reactive ketones (excluding diaryl/α,β-unsaturated/α-hetero) is 1. The number of fused-ring (bicyclic) bond motifs is 1. The SMILES string of the molecule is CC(=O)CN1CCC(CCN2CCN(c3ccc4c(c3)CCCCC4)CC2)CC1.Cl.Cl. The Kier molecular flexibility index (Phi) is 11.1. The molecule has 0 spiro atoms. The van der Waals surface area contributed by atoms with Crippen LogP contribution in [-0.2, 0) is 17.6 Å². The van der Waals surface area contributed by atoms with Crippen molar-refractivity contribution in [2.75, 3.05) is 57.3 Å². The third-order valence-electron chi connectivity index (χ3n) is 7.33. The molecular formula is C25H41Cl2N3O. The van der Waals surface area contributed by atoms with E-state index in [1.807, 2.05) is 0 Å². The maximum absolute atomic E-state index is 11.3. The van der Waals surface area contributed by atoms with E-state index in [2.05, 4.69) is 32.9 Å². The van der Waals surface area contributed by atoms with Gasteiger partial charge in [0.2, 0.25) is 0 Å². The Balaban J connectivity index is 0.00000171. The van der Waals surface area contributed by atoms with Gasteiger partial charge in [0, 0.05) is 31.9 Å². The number of halogens is 2. The minimum atomic E-state index is 0. The second kappa shape index (κ2) is 13.0. The van der Waals surface area contributed by atoms with E-state index < -0.39 is 0 Å². The number of benzene rings is 1. The molecule has 2 aliphatic heterocycles. The molecule has 2 saturated heterocycles. The number of rotatable bonds is 6. The molecule has 31 heavy (non-hydrogen) atoms. The number of aryl methyl sites for hydroxylation is 2. The Hall–Kier alpha value is -0.810. The van der Waals surface area contributed by atoms with E-state index in [9.17, 15) is 4.79 Å². The molecule has 4 rings (SSSR count). The molecule has 0 saturated carbocycles. The number of likely N-dealkylation sites (tertiary alicyclic amines) is 1. The Bertz CT molecular complexity index is 683. The van der Waals surface area contributed by atoms with Gasteiger partial charge in [0.25, 0.3) is 0 Å². The molecule has 6 heteroatoms. The van der Waals surface area contributed by atoms with Crippen molar-refractivity contribution >= 4 is 36.3 Å². The first-order valence-electron chi connectivity index (χ1n) is 12.0. The Labute approximate surface area is 201 Å². The molecular weight excluding hydrogens is 429 g/mol. The van der Waals surface area contributed by atoms with Crippen LogP contribution in [0.25, 0.3) is 0 Å². The predicted molar refractivity (Wildman–Crippen MR) is 135 cm³/mol. The number of hydrogen-bond donors (Lipinski definition) is 0. The maximum atomic E-state index is 11.3. The van der Waals surface area contributed by atoms with Crippen molar-refractivity contribution in [1.82, 2.24) is 9.80 Å². The predicted octanol–water partition coefficient (Wildman–Crippen LogP) is 4.61. The molecule has 1 aromatic carbocycles. The molecule has 3 aliphatic rings. The number of carbonyl (C=O) groups is 1. The smallest absolute Gasteiger partial charge is 0.143 e. The summed E-state index contributed by atoms with van der Waals surface area (Å²) in [6, 6.07) is 7.26. The van der Waals surface area contributed by atoms with E-state index in [4.69, 9.17) is 0 Å². The van der Waals surface area contributed by atoms with Gasteiger partial charge in [-0.25, -0.2) is 0 Å². The van der Waals surface area contributed by atoms with E-state index in [1.165, 1.54) is 76.7 Å². The lowest BCUT2D eigenvalue weighted by Crippen LogP contribution is -2.47. The lowest BCUT2D eigenvalue weighted by atomic mass is 9.93. The molecule has 0 radical (unpaired) electrons. The van der Waals surface area contributed by atoms with E-state index in [0.29, 0.717) is 12.3 Å². The number of nitrogens with zero attached hydrogens (tertiary/aromatic N) is 3. The summed E-state index contributed by atoms with van der Waals surface area (Å²) in [6.07, 6.45) is 10.5. The van der Waals surface area contributed by atoms with Crippen molar-refractivity contribution in [2.45, 2.75) is 58.3 Å². The number of piperidine rings is 1. The average Bonchev–Trinajstić information content (AvgIpc) is 2.98. The largest absolute Gasteiger partial charge is 0.369 e. The van der Waals surface area contributed by atoms with Crippen LogP contribution in [0.3, 0.4) is 0 Å². The Morgan fingerprint density at radius 1 is 0.871 bits per heavy atom. The van der Waals surface area contributed by atoms with Crippen LogP contribution in [-0.4, -0.2) is 67.9 Å². The van der Waals surface area contributed by atoms with E-state index >= 15 is 0 Å². The summed E-state index contributed by atoms with van der Waals surface area (Å²) in [5.74, 6) is 1.15. The molecule has 176 valence electrons. The first-order chi connectivity index (χ1) is 14.2. The third-order valence-corrected chi connectivity index (χ3v) is 7.33. The second-order valence-electron chi connectivity index (χ2n) is 9.55. The summed E-state index contributed by atoms with van der Waals surface area (Å²) in [4.78, 5) is 18.9. The van der Waals surface area contributed by atoms with Gasteiger partial charge in [-0.1, -0.05) is 12.5 Å². The van der Waals surface area contributed by atoms with Gasteiger partial charge in [-0.3, -0.25) is 14.6 Å². The summed E-state index contributed by atoms with van der Waals surface area (Å²) in [5.41, 5.74) is 4.65. The lowest BCUT2D eigenvalue weighted by molar-refractivity contribution is -0.118. The van der Waals surface area contributed by atoms with Crippen molar-refractivity contribution in [1.29, 1.82) is 0 Å². The van der Waals surface area contributed by atoms with Gasteiger partial charge >= 0.3 is 0 Å². The van der Waals surface area contributed by atoms with Crippen LogP contribution in [0.2, 0.25) is 0 Å². The number of piperazine rings is 1. The van der Waals surface area contributed by atoms with Gasteiger partial charge in [0.1, 0.15) is 5.78 Å². The van der Waals surface area contributed by atoms with Gasteiger partial charge in [0.15, 0.2) is 0 Å². The fourth-order valence-electron chi connectivity index (χ4n) is 5.44. The van der Waals surface area contributed by atoms with Crippen LogP contribution < -0.4 is 4.90 Å². The molecule has 2 fully saturated rings. The van der Waals surface area contributed by atoms with Crippen LogP contribution in [0.1, 0.15) is 56.6 Å². The summed E-state index contributed by atoms with van der Waals surface area (Å²) >= 11 is 0. The Morgan fingerprint density at radius 3 is 2.23 bits per heavy atom. The minimum Gasteiger partial charge on any atom is -0.369 e. The quantitative estimate of drug-likeness (QED) is 0.568. The fraction of sp³-hybridized carbons (Fsp3) is 0.720. The van der Waals surface area contributed by atoms with Gasteiger partial charge < -0.3 is 4.90 Å². The van der Waals surface area contributed by atoms with Crippen molar-refractivity contribution in [3.8, 4) is 0 Å². The van der Waals surface area contributed by atoms with Gasteiger partial charge in [-0.05, 0) is 101 Å². The van der Waals surface area contributed by atoms with Crippen LogP contribution >= 0.6 is 24.8 Å². The zero-order valence-electron chi connectivity index (χ0n) is 19.2. The normalized spacial score (nSPS) is 20.9. The number of hydrogen-bond acceptors (Lipinski definition) is 4. The van der Waals surface area contributed by atoms with Gasteiger partial charge in [0.05, 0.1) is 6.54 Å². The summed E-state index contributed by atoms with van der Waals surface area (Å²) in [7, 11) is 0.